The minimum absolute atomic E-state index is 0.0394. The summed E-state index contributed by atoms with van der Waals surface area (Å²) in [4.78, 5) is 15.6. The summed E-state index contributed by atoms with van der Waals surface area (Å²) >= 11 is 1.56. The third-order valence-corrected chi connectivity index (χ3v) is 4.57. The Morgan fingerprint density at radius 1 is 1.19 bits per heavy atom. The minimum atomic E-state index is -0.0394. The molecule has 108 valence electrons. The topological polar surface area (TPSA) is 40.5 Å². The molecule has 1 amide bonds. The van der Waals surface area contributed by atoms with E-state index in [4.69, 9.17) is 0 Å². The Hall–Kier alpha value is -1.94. The van der Waals surface area contributed by atoms with Gasteiger partial charge in [0.1, 0.15) is 5.75 Å². The normalized spacial score (nSPS) is 13.9. The zero-order valence-electron chi connectivity index (χ0n) is 11.9. The maximum absolute atomic E-state index is 12.9. The number of hydrogen-bond acceptors (Lipinski definition) is 3. The highest BCUT2D eigenvalue weighted by Crippen LogP contribution is 2.36. The number of rotatable bonds is 2. The molecule has 3 rings (SSSR count). The van der Waals surface area contributed by atoms with Crippen molar-refractivity contribution in [1.29, 1.82) is 0 Å². The van der Waals surface area contributed by atoms with Crippen LogP contribution in [0.5, 0.6) is 5.75 Å². The van der Waals surface area contributed by atoms with Crippen molar-refractivity contribution >= 4 is 23.4 Å². The van der Waals surface area contributed by atoms with Crippen molar-refractivity contribution in [3.63, 3.8) is 0 Å². The van der Waals surface area contributed by atoms with Gasteiger partial charge in [-0.05, 0) is 42.9 Å². The molecule has 0 fully saturated rings. The van der Waals surface area contributed by atoms with Crippen molar-refractivity contribution in [2.75, 3.05) is 17.7 Å². The van der Waals surface area contributed by atoms with Gasteiger partial charge in [-0.3, -0.25) is 4.79 Å². The summed E-state index contributed by atoms with van der Waals surface area (Å²) in [5.74, 6) is 0.143. The second-order valence-electron chi connectivity index (χ2n) is 5.05. The number of amides is 1. The second-order valence-corrected chi connectivity index (χ2v) is 5.89. The number of carbonyl (C=O) groups is 1. The van der Waals surface area contributed by atoms with Crippen LogP contribution in [0.1, 0.15) is 22.3 Å². The number of phenolic OH excluding ortho intramolecular Hbond substituents is 1. The molecule has 1 heterocycles. The second kappa shape index (κ2) is 5.82. The van der Waals surface area contributed by atoms with Crippen LogP contribution in [0.25, 0.3) is 0 Å². The minimum Gasteiger partial charge on any atom is -0.506 e. The van der Waals surface area contributed by atoms with Crippen LogP contribution in [-0.4, -0.2) is 23.8 Å². The molecule has 0 spiro atoms. The number of para-hydroxylation sites is 1. The summed E-state index contributed by atoms with van der Waals surface area (Å²) in [6, 6.07) is 13.1. The van der Waals surface area contributed by atoms with Crippen molar-refractivity contribution in [2.24, 2.45) is 0 Å². The quantitative estimate of drug-likeness (QED) is 0.859. The van der Waals surface area contributed by atoms with E-state index in [-0.39, 0.29) is 11.7 Å². The summed E-state index contributed by atoms with van der Waals surface area (Å²) in [5.41, 5.74) is 2.40. The van der Waals surface area contributed by atoms with E-state index in [2.05, 4.69) is 0 Å². The fraction of sp³-hybridized carbons (Fsp3) is 0.235. The van der Waals surface area contributed by atoms with Gasteiger partial charge >= 0.3 is 0 Å². The SMILES string of the molecule is CSc1ccccc1C(=O)N1CCCc2cccc(O)c21. The Balaban J connectivity index is 2.05. The predicted molar refractivity (Wildman–Crippen MR) is 86.3 cm³/mol. The number of phenols is 1. The highest BCUT2D eigenvalue weighted by molar-refractivity contribution is 7.98. The molecule has 0 aromatic heterocycles. The van der Waals surface area contributed by atoms with Crippen LogP contribution in [0.3, 0.4) is 0 Å². The van der Waals surface area contributed by atoms with Crippen molar-refractivity contribution in [2.45, 2.75) is 17.7 Å². The average Bonchev–Trinajstić information content (AvgIpc) is 2.54. The van der Waals surface area contributed by atoms with Crippen LogP contribution in [0, 0.1) is 0 Å². The van der Waals surface area contributed by atoms with Gasteiger partial charge in [0.15, 0.2) is 0 Å². The highest BCUT2D eigenvalue weighted by Gasteiger charge is 2.27. The summed E-state index contributed by atoms with van der Waals surface area (Å²) in [7, 11) is 0. The first-order valence-corrected chi connectivity index (χ1v) is 8.20. The van der Waals surface area contributed by atoms with Gasteiger partial charge in [-0.1, -0.05) is 24.3 Å². The first-order valence-electron chi connectivity index (χ1n) is 6.98. The molecule has 0 bridgehead atoms. The molecule has 1 aliphatic rings. The zero-order valence-corrected chi connectivity index (χ0v) is 12.7. The molecule has 21 heavy (non-hydrogen) atoms. The van der Waals surface area contributed by atoms with E-state index < -0.39 is 0 Å². The van der Waals surface area contributed by atoms with Crippen LogP contribution >= 0.6 is 11.8 Å². The Bertz CT molecular complexity index is 684. The number of benzene rings is 2. The van der Waals surface area contributed by atoms with Crippen LogP contribution in [0.2, 0.25) is 0 Å². The summed E-state index contributed by atoms with van der Waals surface area (Å²) in [6.45, 7) is 0.645. The number of anilines is 1. The largest absolute Gasteiger partial charge is 0.506 e. The monoisotopic (exact) mass is 299 g/mol. The molecular formula is C17H17NO2S. The lowest BCUT2D eigenvalue weighted by molar-refractivity contribution is 0.0981. The van der Waals surface area contributed by atoms with Crippen LogP contribution in [-0.2, 0) is 6.42 Å². The Kier molecular flexibility index (Phi) is 3.88. The Labute approximate surface area is 128 Å². The smallest absolute Gasteiger partial charge is 0.259 e. The number of aromatic hydroxyl groups is 1. The number of nitrogens with zero attached hydrogens (tertiary/aromatic N) is 1. The summed E-state index contributed by atoms with van der Waals surface area (Å²) in [5, 5.41) is 10.1. The third-order valence-electron chi connectivity index (χ3n) is 3.78. The number of carbonyl (C=O) groups excluding carboxylic acids is 1. The van der Waals surface area contributed by atoms with Crippen LogP contribution in [0.15, 0.2) is 47.4 Å². The molecule has 0 aliphatic carbocycles. The molecule has 0 saturated heterocycles. The number of thioether (sulfide) groups is 1. The molecule has 0 unspecified atom stereocenters. The van der Waals surface area contributed by atoms with E-state index in [1.54, 1.807) is 22.7 Å². The highest BCUT2D eigenvalue weighted by atomic mass is 32.2. The number of aryl methyl sites for hydroxylation is 1. The molecule has 0 radical (unpaired) electrons. The Morgan fingerprint density at radius 3 is 2.81 bits per heavy atom. The molecule has 1 N–H and O–H groups in total. The van der Waals surface area contributed by atoms with E-state index in [0.29, 0.717) is 17.8 Å². The molecule has 2 aromatic carbocycles. The maximum atomic E-state index is 12.9. The van der Waals surface area contributed by atoms with E-state index in [0.717, 1.165) is 23.3 Å². The molecule has 1 aliphatic heterocycles. The van der Waals surface area contributed by atoms with Crippen LogP contribution < -0.4 is 4.90 Å². The third kappa shape index (κ3) is 2.51. The molecule has 3 nitrogen and oxygen atoms in total. The molecule has 2 aromatic rings. The molecular weight excluding hydrogens is 282 g/mol. The predicted octanol–water partition coefficient (Wildman–Crippen LogP) is 3.71. The van der Waals surface area contributed by atoms with Gasteiger partial charge in [-0.15, -0.1) is 11.8 Å². The van der Waals surface area contributed by atoms with E-state index >= 15 is 0 Å². The van der Waals surface area contributed by atoms with Crippen molar-refractivity contribution in [3.05, 3.63) is 53.6 Å². The van der Waals surface area contributed by atoms with Crippen molar-refractivity contribution in [3.8, 4) is 5.75 Å². The molecule has 0 saturated carbocycles. The molecule has 4 heteroatoms. The Morgan fingerprint density at radius 2 is 2.00 bits per heavy atom. The summed E-state index contributed by atoms with van der Waals surface area (Å²) in [6.07, 6.45) is 3.79. The standard InChI is InChI=1S/C17H17NO2S/c1-21-15-10-3-2-8-13(15)17(20)18-11-5-7-12-6-4-9-14(19)16(12)18/h2-4,6,8-10,19H,5,7,11H2,1H3. The number of hydrogen-bond donors (Lipinski definition) is 1. The maximum Gasteiger partial charge on any atom is 0.259 e. The lowest BCUT2D eigenvalue weighted by Crippen LogP contribution is -2.35. The van der Waals surface area contributed by atoms with E-state index in [1.807, 2.05) is 42.7 Å². The van der Waals surface area contributed by atoms with Gasteiger partial charge in [0.2, 0.25) is 0 Å². The van der Waals surface area contributed by atoms with Crippen molar-refractivity contribution < 1.29 is 9.90 Å². The average molecular weight is 299 g/mol. The van der Waals surface area contributed by atoms with Gasteiger partial charge in [0.05, 0.1) is 11.3 Å². The fourth-order valence-corrected chi connectivity index (χ4v) is 3.39. The van der Waals surface area contributed by atoms with Crippen LogP contribution in [0.4, 0.5) is 5.69 Å². The first-order chi connectivity index (χ1) is 10.2. The lowest BCUT2D eigenvalue weighted by atomic mass is 10.00. The number of fused-ring (bicyclic) bond motifs is 1. The molecule has 0 atom stereocenters. The van der Waals surface area contributed by atoms with E-state index in [9.17, 15) is 9.90 Å². The zero-order chi connectivity index (χ0) is 14.8. The lowest BCUT2D eigenvalue weighted by Gasteiger charge is -2.30. The van der Waals surface area contributed by atoms with Gasteiger partial charge in [-0.25, -0.2) is 0 Å². The fourth-order valence-electron chi connectivity index (χ4n) is 2.80. The van der Waals surface area contributed by atoms with Gasteiger partial charge < -0.3 is 10.0 Å². The van der Waals surface area contributed by atoms with E-state index in [1.165, 1.54) is 0 Å². The van der Waals surface area contributed by atoms with Gasteiger partial charge in [0, 0.05) is 11.4 Å². The van der Waals surface area contributed by atoms with Crippen molar-refractivity contribution in [1.82, 2.24) is 0 Å². The van der Waals surface area contributed by atoms with Gasteiger partial charge in [0.25, 0.3) is 5.91 Å². The first kappa shape index (κ1) is 14.0. The summed E-state index contributed by atoms with van der Waals surface area (Å²) < 4.78 is 0. The van der Waals surface area contributed by atoms with Gasteiger partial charge in [-0.2, -0.15) is 0 Å².